The Morgan fingerprint density at radius 2 is 2.28 bits per heavy atom. The standard InChI is InChI=1S/C10H8N6O2/c11-10-13-8-7(9(17)18)4-6(5-16(8)14-10)15-3-1-2-12-15/h1-5H,(H2,11,14)(H,17,18). The largest absolute Gasteiger partial charge is 0.478 e. The van der Waals surface area contributed by atoms with Gasteiger partial charge >= 0.3 is 5.97 Å². The van der Waals surface area contributed by atoms with Crippen molar-refractivity contribution in [2.24, 2.45) is 0 Å². The van der Waals surface area contributed by atoms with Gasteiger partial charge in [0, 0.05) is 12.4 Å². The summed E-state index contributed by atoms with van der Waals surface area (Å²) in [5, 5.41) is 17.1. The van der Waals surface area contributed by atoms with Gasteiger partial charge in [0.15, 0.2) is 5.65 Å². The molecule has 0 saturated heterocycles. The summed E-state index contributed by atoms with van der Waals surface area (Å²) in [4.78, 5) is 15.1. The first-order valence-electron chi connectivity index (χ1n) is 5.04. The molecule has 8 heteroatoms. The molecule has 0 atom stereocenters. The second-order valence-corrected chi connectivity index (χ2v) is 3.61. The molecule has 0 aliphatic rings. The molecule has 0 fully saturated rings. The first-order valence-corrected chi connectivity index (χ1v) is 5.04. The molecule has 8 nitrogen and oxygen atoms in total. The van der Waals surface area contributed by atoms with Crippen LogP contribution in [0.25, 0.3) is 11.3 Å². The zero-order valence-corrected chi connectivity index (χ0v) is 9.06. The minimum atomic E-state index is -1.10. The smallest absolute Gasteiger partial charge is 0.339 e. The van der Waals surface area contributed by atoms with Crippen molar-refractivity contribution in [1.29, 1.82) is 0 Å². The van der Waals surface area contributed by atoms with Crippen molar-refractivity contribution in [3.63, 3.8) is 0 Å². The molecule has 3 rings (SSSR count). The number of pyridine rings is 1. The highest BCUT2D eigenvalue weighted by Gasteiger charge is 2.15. The Balaban J connectivity index is 2.33. The summed E-state index contributed by atoms with van der Waals surface area (Å²) >= 11 is 0. The lowest BCUT2D eigenvalue weighted by Gasteiger charge is -2.04. The topological polar surface area (TPSA) is 111 Å². The number of carboxylic acids is 1. The third-order valence-corrected chi connectivity index (χ3v) is 2.43. The highest BCUT2D eigenvalue weighted by Crippen LogP contribution is 2.15. The third-order valence-electron chi connectivity index (χ3n) is 2.43. The molecule has 0 radical (unpaired) electrons. The Morgan fingerprint density at radius 1 is 1.44 bits per heavy atom. The van der Waals surface area contributed by atoms with Gasteiger partial charge in [-0.05, 0) is 12.1 Å². The van der Waals surface area contributed by atoms with Crippen LogP contribution < -0.4 is 5.73 Å². The van der Waals surface area contributed by atoms with E-state index < -0.39 is 5.97 Å². The summed E-state index contributed by atoms with van der Waals surface area (Å²) < 4.78 is 2.86. The van der Waals surface area contributed by atoms with E-state index in [4.69, 9.17) is 10.8 Å². The molecular formula is C10H8N6O2. The molecule has 0 bridgehead atoms. The normalized spacial score (nSPS) is 10.9. The van der Waals surface area contributed by atoms with Crippen LogP contribution in [0.1, 0.15) is 10.4 Å². The first-order chi connectivity index (χ1) is 8.65. The fourth-order valence-electron chi connectivity index (χ4n) is 1.69. The van der Waals surface area contributed by atoms with Crippen molar-refractivity contribution in [2.45, 2.75) is 0 Å². The zero-order chi connectivity index (χ0) is 12.7. The summed E-state index contributed by atoms with van der Waals surface area (Å²) in [5.74, 6) is -1.07. The average Bonchev–Trinajstić information content (AvgIpc) is 2.93. The van der Waals surface area contributed by atoms with Gasteiger partial charge in [-0.2, -0.15) is 10.1 Å². The van der Waals surface area contributed by atoms with Gasteiger partial charge in [-0.25, -0.2) is 14.0 Å². The van der Waals surface area contributed by atoms with Crippen molar-refractivity contribution in [3.8, 4) is 5.69 Å². The van der Waals surface area contributed by atoms with E-state index in [2.05, 4.69) is 15.2 Å². The summed E-state index contributed by atoms with van der Waals surface area (Å²) in [6, 6.07) is 3.21. The molecule has 0 saturated carbocycles. The minimum absolute atomic E-state index is 0.0206. The van der Waals surface area contributed by atoms with Gasteiger partial charge in [0.2, 0.25) is 5.95 Å². The summed E-state index contributed by atoms with van der Waals surface area (Å²) in [5.41, 5.74) is 6.26. The van der Waals surface area contributed by atoms with Crippen LogP contribution >= 0.6 is 0 Å². The summed E-state index contributed by atoms with van der Waals surface area (Å²) in [7, 11) is 0. The van der Waals surface area contributed by atoms with Crippen LogP contribution in [0.3, 0.4) is 0 Å². The number of aromatic carboxylic acids is 1. The van der Waals surface area contributed by atoms with Crippen molar-refractivity contribution in [1.82, 2.24) is 24.4 Å². The van der Waals surface area contributed by atoms with E-state index in [-0.39, 0.29) is 17.2 Å². The number of aromatic nitrogens is 5. The van der Waals surface area contributed by atoms with Gasteiger partial charge in [0.25, 0.3) is 0 Å². The van der Waals surface area contributed by atoms with E-state index >= 15 is 0 Å². The fourth-order valence-corrected chi connectivity index (χ4v) is 1.69. The van der Waals surface area contributed by atoms with Gasteiger partial charge in [-0.15, -0.1) is 5.10 Å². The van der Waals surface area contributed by atoms with Gasteiger partial charge in [0.1, 0.15) is 5.56 Å². The third kappa shape index (κ3) is 1.47. The van der Waals surface area contributed by atoms with E-state index in [0.29, 0.717) is 5.69 Å². The SMILES string of the molecule is Nc1nc2c(C(=O)O)cc(-n3cccn3)cn2n1. The van der Waals surface area contributed by atoms with E-state index in [1.54, 1.807) is 24.7 Å². The Kier molecular flexibility index (Phi) is 2.03. The molecule has 3 heterocycles. The molecule has 0 amide bonds. The number of hydrogen-bond donors (Lipinski definition) is 2. The second kappa shape index (κ2) is 3.55. The van der Waals surface area contributed by atoms with Crippen molar-refractivity contribution < 1.29 is 9.90 Å². The molecular weight excluding hydrogens is 236 g/mol. The van der Waals surface area contributed by atoms with Gasteiger partial charge in [0.05, 0.1) is 11.9 Å². The lowest BCUT2D eigenvalue weighted by molar-refractivity contribution is 0.0698. The number of carboxylic acid groups (broad SMARTS) is 1. The summed E-state index contributed by atoms with van der Waals surface area (Å²) in [6.07, 6.45) is 4.91. The lowest BCUT2D eigenvalue weighted by atomic mass is 10.2. The van der Waals surface area contributed by atoms with Crippen molar-refractivity contribution in [3.05, 3.63) is 36.3 Å². The molecule has 0 aliphatic carbocycles. The maximum absolute atomic E-state index is 11.2. The first kappa shape index (κ1) is 10.3. The zero-order valence-electron chi connectivity index (χ0n) is 9.06. The molecule has 0 unspecified atom stereocenters. The van der Waals surface area contributed by atoms with E-state index in [1.807, 2.05) is 0 Å². The molecule has 3 aromatic rings. The number of rotatable bonds is 2. The lowest BCUT2D eigenvalue weighted by Crippen LogP contribution is -2.05. The second-order valence-electron chi connectivity index (χ2n) is 3.61. The number of nitrogens with two attached hydrogens (primary N) is 1. The molecule has 18 heavy (non-hydrogen) atoms. The van der Waals surface area contributed by atoms with Crippen LogP contribution in [0.15, 0.2) is 30.7 Å². The molecule has 0 aromatic carbocycles. The number of hydrogen-bond acceptors (Lipinski definition) is 5. The molecule has 0 aliphatic heterocycles. The molecule has 3 aromatic heterocycles. The van der Waals surface area contributed by atoms with Crippen LogP contribution in [0.4, 0.5) is 5.95 Å². The van der Waals surface area contributed by atoms with Gasteiger partial charge in [-0.1, -0.05) is 0 Å². The minimum Gasteiger partial charge on any atom is -0.478 e. The van der Waals surface area contributed by atoms with Crippen LogP contribution in [-0.4, -0.2) is 35.5 Å². The van der Waals surface area contributed by atoms with E-state index in [0.717, 1.165) is 0 Å². The fraction of sp³-hybridized carbons (Fsp3) is 0. The number of anilines is 1. The van der Waals surface area contributed by atoms with Crippen molar-refractivity contribution >= 4 is 17.6 Å². The van der Waals surface area contributed by atoms with Crippen molar-refractivity contribution in [2.75, 3.05) is 5.73 Å². The highest BCUT2D eigenvalue weighted by molar-refractivity contribution is 5.95. The quantitative estimate of drug-likeness (QED) is 0.665. The average molecular weight is 244 g/mol. The highest BCUT2D eigenvalue weighted by atomic mass is 16.4. The summed E-state index contributed by atoms with van der Waals surface area (Å²) in [6.45, 7) is 0. The van der Waals surface area contributed by atoms with E-state index in [1.165, 1.54) is 15.3 Å². The van der Waals surface area contributed by atoms with Crippen LogP contribution in [0, 0.1) is 0 Å². The predicted octanol–water partition coefficient (Wildman–Crippen LogP) is 0.195. The number of nitrogens with zero attached hydrogens (tertiary/aromatic N) is 5. The van der Waals surface area contributed by atoms with Gasteiger partial charge in [-0.3, -0.25) is 0 Å². The Hall–Kier alpha value is -2.90. The van der Waals surface area contributed by atoms with Crippen LogP contribution in [0.2, 0.25) is 0 Å². The Bertz CT molecular complexity index is 730. The number of carbonyl (C=O) groups is 1. The van der Waals surface area contributed by atoms with E-state index in [9.17, 15) is 4.79 Å². The maximum Gasteiger partial charge on any atom is 0.339 e. The molecule has 3 N–H and O–H groups in total. The predicted molar refractivity (Wildman–Crippen MR) is 61.5 cm³/mol. The monoisotopic (exact) mass is 244 g/mol. The van der Waals surface area contributed by atoms with Gasteiger partial charge < -0.3 is 10.8 Å². The maximum atomic E-state index is 11.2. The Labute approximate surface area is 100 Å². The molecule has 90 valence electrons. The Morgan fingerprint density at radius 3 is 2.94 bits per heavy atom. The molecule has 0 spiro atoms. The number of nitrogen functional groups attached to an aromatic ring is 1. The van der Waals surface area contributed by atoms with Crippen LogP contribution in [0.5, 0.6) is 0 Å². The number of fused-ring (bicyclic) bond motifs is 1. The van der Waals surface area contributed by atoms with Crippen LogP contribution in [-0.2, 0) is 0 Å².